The van der Waals surface area contributed by atoms with E-state index in [2.05, 4.69) is 5.32 Å². The lowest BCUT2D eigenvalue weighted by molar-refractivity contribution is -0.384. The molecule has 0 aliphatic carbocycles. The third-order valence-corrected chi connectivity index (χ3v) is 6.22. The lowest BCUT2D eigenvalue weighted by Gasteiger charge is -2.38. The maximum Gasteiger partial charge on any atom is 0.293 e. The Kier molecular flexibility index (Phi) is 6.48. The molecule has 0 spiro atoms. The van der Waals surface area contributed by atoms with Gasteiger partial charge in [0.05, 0.1) is 23.7 Å². The van der Waals surface area contributed by atoms with E-state index in [-0.39, 0.29) is 30.4 Å². The van der Waals surface area contributed by atoms with E-state index in [0.717, 1.165) is 43.5 Å². The van der Waals surface area contributed by atoms with Crippen LogP contribution in [0.2, 0.25) is 0 Å². The number of anilines is 2. The molecule has 4 rings (SSSR count). The second kappa shape index (κ2) is 9.48. The predicted molar refractivity (Wildman–Crippen MR) is 125 cm³/mol. The molecule has 0 unspecified atom stereocenters. The Bertz CT molecular complexity index is 1080. The van der Waals surface area contributed by atoms with Crippen molar-refractivity contribution in [1.82, 2.24) is 4.90 Å². The topological polar surface area (TPSA) is 105 Å². The Morgan fingerprint density at radius 3 is 2.55 bits per heavy atom. The zero-order valence-corrected chi connectivity index (χ0v) is 18.9. The highest BCUT2D eigenvalue weighted by atomic mass is 16.6. The van der Waals surface area contributed by atoms with Crippen LogP contribution in [-0.2, 0) is 9.59 Å². The van der Waals surface area contributed by atoms with Gasteiger partial charge in [0.2, 0.25) is 5.91 Å². The number of nitrogens with one attached hydrogen (secondary N) is 1. The fraction of sp³-hybridized carbons (Fsp3) is 0.417. The minimum Gasteiger partial charge on any atom is -0.477 e. The summed E-state index contributed by atoms with van der Waals surface area (Å²) in [6.45, 7) is 5.24. The molecule has 1 saturated heterocycles. The number of hydrogen-bond acceptors (Lipinski definition) is 6. The smallest absolute Gasteiger partial charge is 0.293 e. The quantitative estimate of drug-likeness (QED) is 0.550. The van der Waals surface area contributed by atoms with Gasteiger partial charge in [0.1, 0.15) is 11.4 Å². The van der Waals surface area contributed by atoms with Crippen LogP contribution in [0.25, 0.3) is 0 Å². The first kappa shape index (κ1) is 22.6. The minimum atomic E-state index is -0.707. The van der Waals surface area contributed by atoms with Crippen LogP contribution in [0.3, 0.4) is 0 Å². The van der Waals surface area contributed by atoms with Crippen LogP contribution in [0.4, 0.5) is 17.1 Å². The summed E-state index contributed by atoms with van der Waals surface area (Å²) in [7, 11) is 0. The van der Waals surface area contributed by atoms with Gasteiger partial charge in [0, 0.05) is 19.2 Å². The number of fused-ring (bicyclic) bond motifs is 1. The van der Waals surface area contributed by atoms with Crippen LogP contribution in [0, 0.1) is 24.0 Å². The number of nitro groups is 1. The number of ether oxygens (including phenoxy) is 1. The monoisotopic (exact) mass is 452 g/mol. The number of hydrogen-bond donors (Lipinski definition) is 1. The number of nitrogens with zero attached hydrogens (tertiary/aromatic N) is 3. The summed E-state index contributed by atoms with van der Waals surface area (Å²) in [5.74, 6) is 0.0747. The molecule has 174 valence electrons. The molecule has 2 amide bonds. The van der Waals surface area contributed by atoms with Gasteiger partial charge in [-0.3, -0.25) is 19.7 Å². The van der Waals surface area contributed by atoms with Crippen LogP contribution in [0.1, 0.15) is 30.4 Å². The number of nitro benzene ring substituents is 1. The zero-order chi connectivity index (χ0) is 23.5. The van der Waals surface area contributed by atoms with Crippen LogP contribution in [-0.4, -0.2) is 53.9 Å². The Morgan fingerprint density at radius 1 is 1.12 bits per heavy atom. The van der Waals surface area contributed by atoms with E-state index in [9.17, 15) is 19.7 Å². The molecule has 0 saturated carbocycles. The van der Waals surface area contributed by atoms with Gasteiger partial charge in [-0.25, -0.2) is 0 Å². The summed E-state index contributed by atoms with van der Waals surface area (Å²) < 4.78 is 6.00. The van der Waals surface area contributed by atoms with Crippen molar-refractivity contribution in [2.24, 2.45) is 0 Å². The number of para-hydroxylation sites is 2. The standard InChI is InChI=1S/C24H28N4O5/c1-16-12-18(20(28(31)32)13-17(16)2)25-23(29)15-27-14-22(24(30)26-10-6-3-7-11-26)33-21-9-5-4-8-19(21)27/h4-5,8-9,12-13,22H,3,6-7,10-11,14-15H2,1-2H3,(H,25,29)/t22-/m0/s1. The SMILES string of the molecule is Cc1cc(NC(=O)CN2C[C@@H](C(=O)N3CCCCC3)Oc3ccccc32)c([N+](=O)[O-])cc1C. The number of amides is 2. The highest BCUT2D eigenvalue weighted by Crippen LogP contribution is 2.34. The highest BCUT2D eigenvalue weighted by molar-refractivity contribution is 5.97. The molecule has 0 radical (unpaired) electrons. The van der Waals surface area contributed by atoms with E-state index in [1.54, 1.807) is 24.0 Å². The van der Waals surface area contributed by atoms with Crippen molar-refractivity contribution in [1.29, 1.82) is 0 Å². The lowest BCUT2D eigenvalue weighted by atomic mass is 10.1. The maximum absolute atomic E-state index is 13.1. The first-order valence-corrected chi connectivity index (χ1v) is 11.2. The van der Waals surface area contributed by atoms with E-state index in [0.29, 0.717) is 11.4 Å². The van der Waals surface area contributed by atoms with Gasteiger partial charge in [-0.05, 0) is 62.4 Å². The molecule has 1 atom stereocenters. The van der Waals surface area contributed by atoms with Crippen molar-refractivity contribution in [2.75, 3.05) is 36.4 Å². The number of piperidine rings is 1. The molecular formula is C24H28N4O5. The van der Waals surface area contributed by atoms with E-state index in [1.807, 2.05) is 30.0 Å². The predicted octanol–water partition coefficient (Wildman–Crippen LogP) is 3.43. The van der Waals surface area contributed by atoms with Gasteiger partial charge in [0.15, 0.2) is 6.10 Å². The number of carbonyl (C=O) groups excluding carboxylic acids is 2. The summed E-state index contributed by atoms with van der Waals surface area (Å²) in [5, 5.41) is 14.2. The summed E-state index contributed by atoms with van der Waals surface area (Å²) in [5.41, 5.74) is 2.35. The fourth-order valence-electron chi connectivity index (χ4n) is 4.32. The molecule has 2 aliphatic rings. The van der Waals surface area contributed by atoms with E-state index < -0.39 is 16.9 Å². The van der Waals surface area contributed by atoms with Crippen molar-refractivity contribution in [3.05, 3.63) is 57.6 Å². The Morgan fingerprint density at radius 2 is 1.82 bits per heavy atom. The number of rotatable bonds is 5. The van der Waals surface area contributed by atoms with Crippen LogP contribution in [0.15, 0.2) is 36.4 Å². The average Bonchev–Trinajstić information content (AvgIpc) is 2.81. The molecule has 2 heterocycles. The summed E-state index contributed by atoms with van der Waals surface area (Å²) >= 11 is 0. The first-order valence-electron chi connectivity index (χ1n) is 11.2. The third-order valence-electron chi connectivity index (χ3n) is 6.22. The molecule has 0 aromatic heterocycles. The zero-order valence-electron chi connectivity index (χ0n) is 18.9. The highest BCUT2D eigenvalue weighted by Gasteiger charge is 2.34. The second-order valence-electron chi connectivity index (χ2n) is 8.60. The molecule has 9 nitrogen and oxygen atoms in total. The second-order valence-corrected chi connectivity index (χ2v) is 8.60. The Hall–Kier alpha value is -3.62. The third kappa shape index (κ3) is 4.92. The van der Waals surface area contributed by atoms with E-state index >= 15 is 0 Å². The fourth-order valence-corrected chi connectivity index (χ4v) is 4.32. The van der Waals surface area contributed by atoms with Crippen molar-refractivity contribution in [3.63, 3.8) is 0 Å². The maximum atomic E-state index is 13.1. The number of carbonyl (C=O) groups is 2. The number of aryl methyl sites for hydroxylation is 2. The molecule has 1 N–H and O–H groups in total. The van der Waals surface area contributed by atoms with E-state index in [4.69, 9.17) is 4.74 Å². The van der Waals surface area contributed by atoms with Gasteiger partial charge in [0.25, 0.3) is 11.6 Å². The van der Waals surface area contributed by atoms with Gasteiger partial charge >= 0.3 is 0 Å². The normalized spacial score (nSPS) is 17.7. The summed E-state index contributed by atoms with van der Waals surface area (Å²) in [6, 6.07) is 10.4. The largest absolute Gasteiger partial charge is 0.477 e. The molecule has 0 bridgehead atoms. The minimum absolute atomic E-state index is 0.0613. The summed E-state index contributed by atoms with van der Waals surface area (Å²) in [6.07, 6.45) is 2.38. The van der Waals surface area contributed by atoms with Crippen molar-refractivity contribution in [2.45, 2.75) is 39.2 Å². The molecule has 2 aliphatic heterocycles. The molecule has 2 aromatic rings. The molecule has 2 aromatic carbocycles. The Balaban J connectivity index is 1.53. The molecule has 1 fully saturated rings. The van der Waals surface area contributed by atoms with Crippen molar-refractivity contribution >= 4 is 28.9 Å². The number of likely N-dealkylation sites (tertiary alicyclic amines) is 1. The Labute approximate surface area is 192 Å². The first-order chi connectivity index (χ1) is 15.8. The van der Waals surface area contributed by atoms with Crippen LogP contribution < -0.4 is 15.0 Å². The molecular weight excluding hydrogens is 424 g/mol. The van der Waals surface area contributed by atoms with Gasteiger partial charge in [-0.15, -0.1) is 0 Å². The molecule has 33 heavy (non-hydrogen) atoms. The molecule has 9 heteroatoms. The lowest BCUT2D eigenvalue weighted by Crippen LogP contribution is -2.52. The van der Waals surface area contributed by atoms with Crippen LogP contribution >= 0.6 is 0 Å². The summed E-state index contributed by atoms with van der Waals surface area (Å²) in [4.78, 5) is 40.6. The average molecular weight is 453 g/mol. The van der Waals surface area contributed by atoms with Gasteiger partial charge < -0.3 is 19.9 Å². The van der Waals surface area contributed by atoms with Crippen molar-refractivity contribution < 1.29 is 19.2 Å². The number of benzene rings is 2. The van der Waals surface area contributed by atoms with E-state index in [1.165, 1.54) is 6.07 Å². The van der Waals surface area contributed by atoms with Gasteiger partial charge in [-0.2, -0.15) is 0 Å². The van der Waals surface area contributed by atoms with Crippen LogP contribution in [0.5, 0.6) is 5.75 Å². The van der Waals surface area contributed by atoms with Crippen molar-refractivity contribution in [3.8, 4) is 5.75 Å². The van der Waals surface area contributed by atoms with Gasteiger partial charge in [-0.1, -0.05) is 12.1 Å².